The quantitative estimate of drug-likeness (QED) is 0.623. The first-order valence-corrected chi connectivity index (χ1v) is 10.5. The Kier molecular flexibility index (Phi) is 5.96. The van der Waals surface area contributed by atoms with Gasteiger partial charge in [-0.15, -0.1) is 0 Å². The highest BCUT2D eigenvalue weighted by molar-refractivity contribution is 6.33. The van der Waals surface area contributed by atoms with Crippen LogP contribution in [0.5, 0.6) is 5.75 Å². The number of anilines is 1. The van der Waals surface area contributed by atoms with Crippen LogP contribution < -0.4 is 15.0 Å². The van der Waals surface area contributed by atoms with E-state index in [4.69, 9.17) is 16.3 Å². The number of hydrogen-bond acceptors (Lipinski definition) is 3. The highest BCUT2D eigenvalue weighted by Crippen LogP contribution is 2.34. The third-order valence-electron chi connectivity index (χ3n) is 5.49. The standard InChI is InChI=1S/C25H23ClN2O3/c1-16-13-19-8-7-17(15-27-24(29)21-5-3-4-6-22(21)26)14-23(19)28(16)25(30)18-9-11-20(31-2)12-10-18/h3-12,14,16H,13,15H2,1-2H3,(H,27,29). The minimum atomic E-state index is -0.231. The SMILES string of the molecule is COc1ccc(C(=O)N2c3cc(CNC(=O)c4ccccc4Cl)ccc3CC2C)cc1. The first kappa shape index (κ1) is 20.9. The van der Waals surface area contributed by atoms with Gasteiger partial charge in [-0.25, -0.2) is 0 Å². The number of fused-ring (bicyclic) bond motifs is 1. The molecule has 1 heterocycles. The normalized spacial score (nSPS) is 14.8. The summed E-state index contributed by atoms with van der Waals surface area (Å²) >= 11 is 6.11. The van der Waals surface area contributed by atoms with E-state index in [9.17, 15) is 9.59 Å². The Morgan fingerprint density at radius 2 is 1.84 bits per heavy atom. The van der Waals surface area contributed by atoms with Gasteiger partial charge in [-0.05, 0) is 66.9 Å². The average molecular weight is 435 g/mol. The Hall–Kier alpha value is -3.31. The van der Waals surface area contributed by atoms with Crippen LogP contribution in [0, 0.1) is 0 Å². The highest BCUT2D eigenvalue weighted by Gasteiger charge is 2.31. The molecule has 0 saturated heterocycles. The number of carbonyl (C=O) groups excluding carboxylic acids is 2. The second-order valence-corrected chi connectivity index (χ2v) is 7.99. The number of hydrogen-bond donors (Lipinski definition) is 1. The van der Waals surface area contributed by atoms with Gasteiger partial charge in [0.05, 0.1) is 17.7 Å². The van der Waals surface area contributed by atoms with Crippen molar-refractivity contribution < 1.29 is 14.3 Å². The van der Waals surface area contributed by atoms with E-state index >= 15 is 0 Å². The molecule has 1 aliphatic heterocycles. The van der Waals surface area contributed by atoms with Gasteiger partial charge in [0.1, 0.15) is 5.75 Å². The van der Waals surface area contributed by atoms with Crippen molar-refractivity contribution in [2.45, 2.75) is 25.9 Å². The van der Waals surface area contributed by atoms with Crippen molar-refractivity contribution in [3.63, 3.8) is 0 Å². The van der Waals surface area contributed by atoms with Crippen molar-refractivity contribution in [2.75, 3.05) is 12.0 Å². The number of amides is 2. The van der Waals surface area contributed by atoms with Gasteiger partial charge in [-0.3, -0.25) is 9.59 Å². The predicted octanol–water partition coefficient (Wildman–Crippen LogP) is 4.87. The van der Waals surface area contributed by atoms with Crippen molar-refractivity contribution in [3.8, 4) is 5.75 Å². The van der Waals surface area contributed by atoms with Gasteiger partial charge in [0, 0.05) is 23.8 Å². The molecule has 3 aromatic carbocycles. The van der Waals surface area contributed by atoms with Crippen LogP contribution in [0.15, 0.2) is 66.7 Å². The smallest absolute Gasteiger partial charge is 0.258 e. The Balaban J connectivity index is 1.53. The molecular weight excluding hydrogens is 412 g/mol. The molecule has 0 aromatic heterocycles. The van der Waals surface area contributed by atoms with Crippen LogP contribution in [0.2, 0.25) is 5.02 Å². The van der Waals surface area contributed by atoms with Crippen LogP contribution in [0.25, 0.3) is 0 Å². The molecule has 2 amide bonds. The lowest BCUT2D eigenvalue weighted by Crippen LogP contribution is -2.35. The molecule has 0 radical (unpaired) electrons. The van der Waals surface area contributed by atoms with E-state index in [1.807, 2.05) is 30.0 Å². The second-order valence-electron chi connectivity index (χ2n) is 7.58. The Bertz CT molecular complexity index is 1130. The summed E-state index contributed by atoms with van der Waals surface area (Å²) in [6.07, 6.45) is 0.795. The lowest BCUT2D eigenvalue weighted by molar-refractivity contribution is 0.0948. The number of benzene rings is 3. The van der Waals surface area contributed by atoms with E-state index in [-0.39, 0.29) is 17.9 Å². The monoisotopic (exact) mass is 434 g/mol. The highest BCUT2D eigenvalue weighted by atomic mass is 35.5. The van der Waals surface area contributed by atoms with Crippen LogP contribution in [0.1, 0.15) is 38.8 Å². The van der Waals surface area contributed by atoms with Crippen LogP contribution >= 0.6 is 11.6 Å². The molecule has 1 unspecified atom stereocenters. The van der Waals surface area contributed by atoms with Gasteiger partial charge in [0.2, 0.25) is 0 Å². The molecule has 0 aliphatic carbocycles. The van der Waals surface area contributed by atoms with Crippen molar-refractivity contribution in [2.24, 2.45) is 0 Å². The van der Waals surface area contributed by atoms with Crippen LogP contribution in [-0.2, 0) is 13.0 Å². The molecule has 1 aliphatic rings. The van der Waals surface area contributed by atoms with Crippen molar-refractivity contribution in [3.05, 3.63) is 94.0 Å². The van der Waals surface area contributed by atoms with Crippen molar-refractivity contribution in [1.29, 1.82) is 0 Å². The fraction of sp³-hybridized carbons (Fsp3) is 0.200. The van der Waals surface area contributed by atoms with Crippen LogP contribution in [0.3, 0.4) is 0 Å². The Morgan fingerprint density at radius 3 is 2.55 bits per heavy atom. The lowest BCUT2D eigenvalue weighted by Gasteiger charge is -2.23. The van der Waals surface area contributed by atoms with Gasteiger partial charge in [0.15, 0.2) is 0 Å². The van der Waals surface area contributed by atoms with Crippen LogP contribution in [0.4, 0.5) is 5.69 Å². The molecule has 0 spiro atoms. The van der Waals surface area contributed by atoms with Crippen LogP contribution in [-0.4, -0.2) is 25.0 Å². The molecule has 4 rings (SSSR count). The summed E-state index contributed by atoms with van der Waals surface area (Å²) in [5.74, 6) is 0.430. The van der Waals surface area contributed by atoms with Crippen molar-refractivity contribution in [1.82, 2.24) is 5.32 Å². The second kappa shape index (κ2) is 8.82. The van der Waals surface area contributed by atoms with E-state index in [0.717, 1.165) is 23.2 Å². The summed E-state index contributed by atoms with van der Waals surface area (Å²) in [6.45, 7) is 2.39. The van der Waals surface area contributed by atoms with E-state index in [1.165, 1.54) is 0 Å². The summed E-state index contributed by atoms with van der Waals surface area (Å²) in [7, 11) is 1.60. The zero-order chi connectivity index (χ0) is 22.0. The molecule has 0 fully saturated rings. The molecule has 0 saturated carbocycles. The lowest BCUT2D eigenvalue weighted by atomic mass is 10.1. The summed E-state index contributed by atoms with van der Waals surface area (Å²) in [6, 6.07) is 20.1. The first-order valence-electron chi connectivity index (χ1n) is 10.1. The maximum Gasteiger partial charge on any atom is 0.258 e. The molecular formula is C25H23ClN2O3. The number of carbonyl (C=O) groups is 2. The number of halogens is 1. The van der Waals surface area contributed by atoms with E-state index in [1.54, 1.807) is 55.6 Å². The number of ether oxygens (including phenoxy) is 1. The summed E-state index contributed by atoms with van der Waals surface area (Å²) in [5, 5.41) is 3.32. The predicted molar refractivity (Wildman–Crippen MR) is 122 cm³/mol. The van der Waals surface area contributed by atoms with Gasteiger partial charge in [0.25, 0.3) is 11.8 Å². The first-order chi connectivity index (χ1) is 15.0. The molecule has 3 aromatic rings. The minimum absolute atomic E-state index is 0.0499. The van der Waals surface area contributed by atoms with E-state index < -0.39 is 0 Å². The maximum absolute atomic E-state index is 13.2. The fourth-order valence-corrected chi connectivity index (χ4v) is 4.09. The van der Waals surface area contributed by atoms with Gasteiger partial charge in [-0.2, -0.15) is 0 Å². The van der Waals surface area contributed by atoms with E-state index in [0.29, 0.717) is 28.4 Å². The Morgan fingerprint density at radius 1 is 1.10 bits per heavy atom. The average Bonchev–Trinajstić information content (AvgIpc) is 3.12. The number of nitrogens with one attached hydrogen (secondary N) is 1. The summed E-state index contributed by atoms with van der Waals surface area (Å²) in [4.78, 5) is 27.5. The summed E-state index contributed by atoms with van der Waals surface area (Å²) in [5.41, 5.74) is 3.97. The van der Waals surface area contributed by atoms with Gasteiger partial charge >= 0.3 is 0 Å². The molecule has 6 heteroatoms. The molecule has 0 bridgehead atoms. The topological polar surface area (TPSA) is 58.6 Å². The number of methoxy groups -OCH3 is 1. The third kappa shape index (κ3) is 4.28. The molecule has 1 atom stereocenters. The largest absolute Gasteiger partial charge is 0.497 e. The molecule has 158 valence electrons. The van der Waals surface area contributed by atoms with Gasteiger partial charge < -0.3 is 15.0 Å². The van der Waals surface area contributed by atoms with Gasteiger partial charge in [-0.1, -0.05) is 35.9 Å². The number of nitrogens with zero attached hydrogens (tertiary/aromatic N) is 1. The summed E-state index contributed by atoms with van der Waals surface area (Å²) < 4.78 is 5.19. The molecule has 5 nitrogen and oxygen atoms in total. The number of rotatable bonds is 5. The zero-order valence-corrected chi connectivity index (χ0v) is 18.1. The molecule has 1 N–H and O–H groups in total. The van der Waals surface area contributed by atoms with Crippen molar-refractivity contribution >= 4 is 29.1 Å². The zero-order valence-electron chi connectivity index (χ0n) is 17.4. The maximum atomic E-state index is 13.2. The molecule has 31 heavy (non-hydrogen) atoms. The minimum Gasteiger partial charge on any atom is -0.497 e. The fourth-order valence-electron chi connectivity index (χ4n) is 3.87. The van der Waals surface area contributed by atoms with E-state index in [2.05, 4.69) is 5.32 Å². The Labute approximate surface area is 186 Å². The third-order valence-corrected chi connectivity index (χ3v) is 5.82.